The van der Waals surface area contributed by atoms with E-state index in [1.54, 1.807) is 12.3 Å². The third-order valence-electron chi connectivity index (χ3n) is 4.61. The number of ether oxygens (including phenoxy) is 1. The van der Waals surface area contributed by atoms with Crippen molar-refractivity contribution in [2.45, 2.75) is 19.4 Å². The summed E-state index contributed by atoms with van der Waals surface area (Å²) in [6, 6.07) is 7.71. The molecule has 9 heteroatoms. The lowest BCUT2D eigenvalue weighted by molar-refractivity contribution is -0.115. The van der Waals surface area contributed by atoms with Gasteiger partial charge in [-0.05, 0) is 31.5 Å². The van der Waals surface area contributed by atoms with E-state index < -0.39 is 0 Å². The van der Waals surface area contributed by atoms with E-state index in [2.05, 4.69) is 20.6 Å². The van der Waals surface area contributed by atoms with Crippen LogP contribution >= 0.6 is 11.3 Å². The first kappa shape index (κ1) is 19.3. The Labute approximate surface area is 171 Å². The highest BCUT2D eigenvalue weighted by molar-refractivity contribution is 7.14. The highest BCUT2D eigenvalue weighted by Gasteiger charge is 2.18. The summed E-state index contributed by atoms with van der Waals surface area (Å²) in [6.07, 6.45) is 4.59. The van der Waals surface area contributed by atoms with Crippen molar-refractivity contribution in [3.05, 3.63) is 53.3 Å². The maximum Gasteiger partial charge on any atom is 0.253 e. The summed E-state index contributed by atoms with van der Waals surface area (Å²) in [5.74, 6) is -0.623. The minimum atomic E-state index is -0.333. The van der Waals surface area contributed by atoms with E-state index in [1.165, 1.54) is 11.3 Å². The van der Waals surface area contributed by atoms with Crippen LogP contribution in [0.15, 0.2) is 42.0 Å². The van der Waals surface area contributed by atoms with Crippen molar-refractivity contribution in [3.8, 4) is 11.4 Å². The first-order chi connectivity index (χ1) is 14.1. The van der Waals surface area contributed by atoms with Gasteiger partial charge in [0.05, 0.1) is 30.5 Å². The molecule has 2 amide bonds. The molecule has 0 saturated carbocycles. The predicted molar refractivity (Wildman–Crippen MR) is 110 cm³/mol. The molecule has 29 heavy (non-hydrogen) atoms. The average Bonchev–Trinajstić information content (AvgIpc) is 3.47. The van der Waals surface area contributed by atoms with Crippen LogP contribution in [0.2, 0.25) is 0 Å². The van der Waals surface area contributed by atoms with Crippen LogP contribution in [0.1, 0.15) is 28.5 Å². The zero-order chi connectivity index (χ0) is 20.2. The van der Waals surface area contributed by atoms with Crippen LogP contribution in [0, 0.1) is 6.92 Å². The molecule has 4 heterocycles. The molecular weight excluding hydrogens is 390 g/mol. The van der Waals surface area contributed by atoms with Crippen LogP contribution in [0.25, 0.3) is 11.4 Å². The van der Waals surface area contributed by atoms with Gasteiger partial charge in [0.25, 0.3) is 5.91 Å². The number of anilines is 1. The lowest BCUT2D eigenvalue weighted by atomic mass is 10.2. The minimum Gasteiger partial charge on any atom is -0.379 e. The van der Waals surface area contributed by atoms with Crippen molar-refractivity contribution in [1.29, 1.82) is 0 Å². The van der Waals surface area contributed by atoms with Gasteiger partial charge in [0.15, 0.2) is 5.13 Å². The summed E-state index contributed by atoms with van der Waals surface area (Å²) in [7, 11) is 0. The summed E-state index contributed by atoms with van der Waals surface area (Å²) in [5, 5.41) is 7.65. The van der Waals surface area contributed by atoms with Crippen LogP contribution in [0.4, 0.5) is 5.13 Å². The Morgan fingerprint density at radius 2 is 2.17 bits per heavy atom. The van der Waals surface area contributed by atoms with Crippen molar-refractivity contribution in [2.24, 2.45) is 0 Å². The van der Waals surface area contributed by atoms with Gasteiger partial charge in [0, 0.05) is 30.1 Å². The molecule has 1 unspecified atom stereocenters. The fourth-order valence-electron chi connectivity index (χ4n) is 3.09. The second kappa shape index (κ2) is 8.54. The maximum absolute atomic E-state index is 12.3. The number of nitrogens with one attached hydrogen (secondary N) is 2. The molecule has 1 saturated heterocycles. The largest absolute Gasteiger partial charge is 0.379 e. The SMILES string of the molecule is Cc1cccc(-c2csc(NC(=O)CNC(=O)c3ccn(C4CCOC4)c3)n2)n1. The van der Waals surface area contributed by atoms with Crippen molar-refractivity contribution >= 4 is 28.3 Å². The van der Waals surface area contributed by atoms with Crippen molar-refractivity contribution in [2.75, 3.05) is 25.1 Å². The Balaban J connectivity index is 1.29. The lowest BCUT2D eigenvalue weighted by Gasteiger charge is -2.09. The van der Waals surface area contributed by atoms with E-state index in [4.69, 9.17) is 4.74 Å². The lowest BCUT2D eigenvalue weighted by Crippen LogP contribution is -2.32. The van der Waals surface area contributed by atoms with E-state index in [1.807, 2.05) is 41.3 Å². The number of pyridine rings is 1. The molecule has 3 aromatic heterocycles. The topological polar surface area (TPSA) is 98.1 Å². The molecule has 1 aliphatic heterocycles. The molecule has 8 nitrogen and oxygen atoms in total. The predicted octanol–water partition coefficient (Wildman–Crippen LogP) is 2.64. The highest BCUT2D eigenvalue weighted by atomic mass is 32.1. The highest BCUT2D eigenvalue weighted by Crippen LogP contribution is 2.23. The van der Waals surface area contributed by atoms with E-state index in [9.17, 15) is 9.59 Å². The van der Waals surface area contributed by atoms with Crippen LogP contribution in [-0.2, 0) is 9.53 Å². The van der Waals surface area contributed by atoms with Gasteiger partial charge in [0.1, 0.15) is 5.69 Å². The third-order valence-corrected chi connectivity index (χ3v) is 5.37. The molecule has 0 aromatic carbocycles. The van der Waals surface area contributed by atoms with Gasteiger partial charge in [-0.1, -0.05) is 6.07 Å². The van der Waals surface area contributed by atoms with Crippen LogP contribution < -0.4 is 10.6 Å². The number of rotatable bonds is 6. The Bertz CT molecular complexity index is 1020. The van der Waals surface area contributed by atoms with E-state index >= 15 is 0 Å². The van der Waals surface area contributed by atoms with Gasteiger partial charge in [-0.15, -0.1) is 11.3 Å². The molecule has 0 spiro atoms. The van der Waals surface area contributed by atoms with Crippen LogP contribution in [0.5, 0.6) is 0 Å². The summed E-state index contributed by atoms with van der Waals surface area (Å²) in [6.45, 7) is 3.18. The summed E-state index contributed by atoms with van der Waals surface area (Å²) in [4.78, 5) is 33.3. The molecule has 150 valence electrons. The van der Waals surface area contributed by atoms with Crippen molar-refractivity contribution < 1.29 is 14.3 Å². The number of nitrogens with zero attached hydrogens (tertiary/aromatic N) is 3. The third kappa shape index (κ3) is 4.69. The Hall–Kier alpha value is -3.04. The number of aryl methyl sites for hydroxylation is 1. The van der Waals surface area contributed by atoms with Gasteiger partial charge in [-0.25, -0.2) is 4.98 Å². The summed E-state index contributed by atoms with van der Waals surface area (Å²) < 4.78 is 7.35. The molecule has 1 aliphatic rings. The number of hydrogen-bond acceptors (Lipinski definition) is 6. The molecule has 0 aliphatic carbocycles. The second-order valence-electron chi connectivity index (χ2n) is 6.80. The number of hydrogen-bond donors (Lipinski definition) is 2. The van der Waals surface area contributed by atoms with Crippen molar-refractivity contribution in [1.82, 2.24) is 19.9 Å². The molecule has 0 bridgehead atoms. The number of amides is 2. The zero-order valence-corrected chi connectivity index (χ0v) is 16.7. The molecule has 4 rings (SSSR count). The van der Waals surface area contributed by atoms with Crippen LogP contribution in [0.3, 0.4) is 0 Å². The molecule has 3 aromatic rings. The normalized spacial score (nSPS) is 16.0. The van der Waals surface area contributed by atoms with Gasteiger partial charge >= 0.3 is 0 Å². The van der Waals surface area contributed by atoms with Gasteiger partial charge in [0.2, 0.25) is 5.91 Å². The summed E-state index contributed by atoms with van der Waals surface area (Å²) in [5.41, 5.74) is 2.88. The number of thiazole rings is 1. The fourth-order valence-corrected chi connectivity index (χ4v) is 3.81. The Kier molecular flexibility index (Phi) is 5.68. The second-order valence-corrected chi connectivity index (χ2v) is 7.66. The number of carbonyl (C=O) groups excluding carboxylic acids is 2. The van der Waals surface area contributed by atoms with E-state index in [-0.39, 0.29) is 24.4 Å². The zero-order valence-electron chi connectivity index (χ0n) is 15.9. The van der Waals surface area contributed by atoms with E-state index in [0.29, 0.717) is 23.0 Å². The van der Waals surface area contributed by atoms with E-state index in [0.717, 1.165) is 24.4 Å². The quantitative estimate of drug-likeness (QED) is 0.650. The average molecular weight is 411 g/mol. The smallest absolute Gasteiger partial charge is 0.253 e. The molecule has 0 radical (unpaired) electrons. The Morgan fingerprint density at radius 3 is 2.97 bits per heavy atom. The van der Waals surface area contributed by atoms with Gasteiger partial charge in [-0.2, -0.15) is 0 Å². The van der Waals surface area contributed by atoms with Gasteiger partial charge in [-0.3, -0.25) is 14.6 Å². The molecule has 2 N–H and O–H groups in total. The number of aromatic nitrogens is 3. The standard InChI is InChI=1S/C20H21N5O3S/c1-13-3-2-4-16(22-13)17-12-29-20(23-17)24-18(26)9-21-19(27)14-5-7-25(10-14)15-6-8-28-11-15/h2-5,7,10,12,15H,6,8-9,11H2,1H3,(H,21,27)(H,23,24,26). The van der Waals surface area contributed by atoms with Crippen LogP contribution in [-0.4, -0.2) is 46.1 Å². The molecular formula is C20H21N5O3S. The molecule has 1 fully saturated rings. The first-order valence-corrected chi connectivity index (χ1v) is 10.2. The molecule has 1 atom stereocenters. The monoisotopic (exact) mass is 411 g/mol. The summed E-state index contributed by atoms with van der Waals surface area (Å²) >= 11 is 1.32. The first-order valence-electron chi connectivity index (χ1n) is 9.31. The number of carbonyl (C=O) groups is 2. The van der Waals surface area contributed by atoms with Crippen molar-refractivity contribution in [3.63, 3.8) is 0 Å². The maximum atomic E-state index is 12.3. The van der Waals surface area contributed by atoms with Gasteiger partial charge < -0.3 is 19.9 Å². The fraction of sp³-hybridized carbons (Fsp3) is 0.300. The Morgan fingerprint density at radius 1 is 1.28 bits per heavy atom. The minimum absolute atomic E-state index is 0.131.